The van der Waals surface area contributed by atoms with Crippen LogP contribution in [0.3, 0.4) is 0 Å². The lowest BCUT2D eigenvalue weighted by atomic mass is 9.89. The maximum atomic E-state index is 12.7. The first-order valence-electron chi connectivity index (χ1n) is 8.13. The summed E-state index contributed by atoms with van der Waals surface area (Å²) in [5, 5.41) is 3.37. The Morgan fingerprint density at radius 1 is 1.00 bits per heavy atom. The number of hydrogen-bond acceptors (Lipinski definition) is 2. The predicted octanol–water partition coefficient (Wildman–Crippen LogP) is 4.83. The monoisotopic (exact) mass is 335 g/mol. The van der Waals surface area contributed by atoms with Crippen molar-refractivity contribution in [2.75, 3.05) is 13.1 Å². The minimum Gasteiger partial charge on any atom is -0.485 e. The van der Waals surface area contributed by atoms with Crippen molar-refractivity contribution in [3.05, 3.63) is 65.7 Å². The minimum absolute atomic E-state index is 0.171. The van der Waals surface area contributed by atoms with E-state index in [0.717, 1.165) is 43.6 Å². The van der Waals surface area contributed by atoms with E-state index in [2.05, 4.69) is 5.32 Å². The van der Waals surface area contributed by atoms with Crippen LogP contribution in [0.2, 0.25) is 0 Å². The molecule has 2 atom stereocenters. The Morgan fingerprint density at radius 2 is 1.71 bits per heavy atom. The maximum Gasteiger partial charge on any atom is 0.416 e. The van der Waals surface area contributed by atoms with Crippen molar-refractivity contribution in [2.45, 2.75) is 25.1 Å². The van der Waals surface area contributed by atoms with Gasteiger partial charge in [-0.25, -0.2) is 0 Å². The van der Waals surface area contributed by atoms with Crippen LogP contribution in [0.15, 0.2) is 54.6 Å². The first-order valence-corrected chi connectivity index (χ1v) is 8.13. The molecule has 0 bridgehead atoms. The zero-order valence-electron chi connectivity index (χ0n) is 13.2. The van der Waals surface area contributed by atoms with E-state index >= 15 is 0 Å². The maximum absolute atomic E-state index is 12.7. The quantitative estimate of drug-likeness (QED) is 0.864. The van der Waals surface area contributed by atoms with Crippen LogP contribution < -0.4 is 10.1 Å². The molecule has 24 heavy (non-hydrogen) atoms. The molecule has 1 saturated heterocycles. The number of hydrogen-bond donors (Lipinski definition) is 1. The molecule has 128 valence electrons. The second-order valence-corrected chi connectivity index (χ2v) is 6.08. The molecule has 1 aliphatic heterocycles. The molecule has 5 heteroatoms. The topological polar surface area (TPSA) is 21.3 Å². The van der Waals surface area contributed by atoms with E-state index in [1.54, 1.807) is 0 Å². The molecule has 2 aromatic carbocycles. The summed E-state index contributed by atoms with van der Waals surface area (Å²) < 4.78 is 44.2. The summed E-state index contributed by atoms with van der Waals surface area (Å²) in [7, 11) is 0. The van der Waals surface area contributed by atoms with E-state index < -0.39 is 11.7 Å². The van der Waals surface area contributed by atoms with Crippen LogP contribution in [-0.2, 0) is 6.18 Å². The fourth-order valence-corrected chi connectivity index (χ4v) is 3.09. The fourth-order valence-electron chi connectivity index (χ4n) is 3.09. The van der Waals surface area contributed by atoms with E-state index in [1.807, 2.05) is 30.3 Å². The summed E-state index contributed by atoms with van der Waals surface area (Å²) in [4.78, 5) is 0. The second kappa shape index (κ2) is 7.26. The molecule has 1 heterocycles. The Kier molecular flexibility index (Phi) is 5.09. The van der Waals surface area contributed by atoms with Crippen molar-refractivity contribution in [1.82, 2.24) is 5.32 Å². The van der Waals surface area contributed by atoms with Crippen LogP contribution in [0.4, 0.5) is 13.2 Å². The lowest BCUT2D eigenvalue weighted by Crippen LogP contribution is -2.35. The summed E-state index contributed by atoms with van der Waals surface area (Å²) in [6.07, 6.45) is -2.39. The summed E-state index contributed by atoms with van der Waals surface area (Å²) in [6, 6.07) is 14.8. The standard InChI is InChI=1S/C19H20F3NO/c20-19(21,22)16-8-10-17(11-9-16)24-18(14-5-2-1-3-6-14)15-7-4-12-23-13-15/h1-3,5-6,8-11,15,18,23H,4,7,12-13H2/t15-,18+/m0/s1. The molecule has 1 fully saturated rings. The van der Waals surface area contributed by atoms with Crippen molar-refractivity contribution in [3.63, 3.8) is 0 Å². The molecule has 0 spiro atoms. The average Bonchev–Trinajstić information content (AvgIpc) is 2.61. The summed E-state index contributed by atoms with van der Waals surface area (Å²) in [6.45, 7) is 1.85. The highest BCUT2D eigenvalue weighted by Gasteiger charge is 2.31. The molecule has 0 radical (unpaired) electrons. The van der Waals surface area contributed by atoms with Crippen molar-refractivity contribution in [3.8, 4) is 5.75 Å². The Labute approximate surface area is 139 Å². The van der Waals surface area contributed by atoms with Gasteiger partial charge in [0.2, 0.25) is 0 Å². The Bertz CT molecular complexity index is 634. The van der Waals surface area contributed by atoms with Gasteiger partial charge >= 0.3 is 6.18 Å². The number of rotatable bonds is 4. The molecule has 0 amide bonds. The summed E-state index contributed by atoms with van der Waals surface area (Å²) in [5.41, 5.74) is 0.386. The molecule has 0 aliphatic carbocycles. The molecule has 0 aromatic heterocycles. The van der Waals surface area contributed by atoms with Gasteiger partial charge in [0.15, 0.2) is 0 Å². The molecule has 2 nitrogen and oxygen atoms in total. The van der Waals surface area contributed by atoms with E-state index in [-0.39, 0.29) is 6.10 Å². The van der Waals surface area contributed by atoms with Crippen LogP contribution in [0.5, 0.6) is 5.75 Å². The van der Waals surface area contributed by atoms with E-state index in [9.17, 15) is 13.2 Å². The number of benzene rings is 2. The van der Waals surface area contributed by atoms with E-state index in [1.165, 1.54) is 12.1 Å². The van der Waals surface area contributed by atoms with Gasteiger partial charge in [0.1, 0.15) is 11.9 Å². The van der Waals surface area contributed by atoms with Crippen LogP contribution in [0.1, 0.15) is 30.1 Å². The SMILES string of the molecule is FC(F)(F)c1ccc(O[C@H](c2ccccc2)[C@H]2CCCNC2)cc1. The normalized spacial score (nSPS) is 19.7. The first-order chi connectivity index (χ1) is 11.5. The van der Waals surface area contributed by atoms with Gasteiger partial charge in [-0.15, -0.1) is 0 Å². The number of nitrogens with one attached hydrogen (secondary N) is 1. The number of alkyl halides is 3. The first kappa shape index (κ1) is 16.8. The smallest absolute Gasteiger partial charge is 0.416 e. The van der Waals surface area contributed by atoms with Gasteiger partial charge in [0.25, 0.3) is 0 Å². The Morgan fingerprint density at radius 3 is 2.29 bits per heavy atom. The van der Waals surface area contributed by atoms with Crippen LogP contribution in [-0.4, -0.2) is 13.1 Å². The Balaban J connectivity index is 1.81. The summed E-state index contributed by atoms with van der Waals surface area (Å²) in [5.74, 6) is 0.755. The molecule has 2 aromatic rings. The lowest BCUT2D eigenvalue weighted by molar-refractivity contribution is -0.137. The number of piperidine rings is 1. The highest BCUT2D eigenvalue weighted by atomic mass is 19.4. The second-order valence-electron chi connectivity index (χ2n) is 6.08. The van der Waals surface area contributed by atoms with Gasteiger partial charge in [-0.2, -0.15) is 13.2 Å². The highest BCUT2D eigenvalue weighted by molar-refractivity contribution is 5.30. The predicted molar refractivity (Wildman–Crippen MR) is 86.8 cm³/mol. The number of ether oxygens (including phenoxy) is 1. The third-order valence-corrected chi connectivity index (χ3v) is 4.34. The van der Waals surface area contributed by atoms with Gasteiger partial charge in [0.05, 0.1) is 5.56 Å². The van der Waals surface area contributed by atoms with Gasteiger partial charge in [-0.3, -0.25) is 0 Å². The average molecular weight is 335 g/mol. The third-order valence-electron chi connectivity index (χ3n) is 4.34. The van der Waals surface area contributed by atoms with Crippen LogP contribution in [0, 0.1) is 5.92 Å². The van der Waals surface area contributed by atoms with Crippen molar-refractivity contribution in [2.24, 2.45) is 5.92 Å². The van der Waals surface area contributed by atoms with Crippen molar-refractivity contribution in [1.29, 1.82) is 0 Å². The van der Waals surface area contributed by atoms with Gasteiger partial charge in [0, 0.05) is 12.5 Å². The number of halogens is 3. The van der Waals surface area contributed by atoms with Gasteiger partial charge in [-0.1, -0.05) is 30.3 Å². The van der Waals surface area contributed by atoms with Crippen molar-refractivity contribution < 1.29 is 17.9 Å². The molecule has 1 N–H and O–H groups in total. The minimum atomic E-state index is -4.33. The van der Waals surface area contributed by atoms with Crippen molar-refractivity contribution >= 4 is 0 Å². The molecule has 0 saturated carbocycles. The van der Waals surface area contributed by atoms with E-state index in [0.29, 0.717) is 11.7 Å². The van der Waals surface area contributed by atoms with Gasteiger partial charge < -0.3 is 10.1 Å². The zero-order chi connectivity index (χ0) is 17.0. The summed E-state index contributed by atoms with van der Waals surface area (Å²) >= 11 is 0. The van der Waals surface area contributed by atoms with Gasteiger partial charge in [-0.05, 0) is 49.2 Å². The zero-order valence-corrected chi connectivity index (χ0v) is 13.2. The molecular weight excluding hydrogens is 315 g/mol. The largest absolute Gasteiger partial charge is 0.485 e. The van der Waals surface area contributed by atoms with E-state index in [4.69, 9.17) is 4.74 Å². The van der Waals surface area contributed by atoms with Crippen LogP contribution in [0.25, 0.3) is 0 Å². The molecule has 3 rings (SSSR count). The molecule has 1 aliphatic rings. The molecule has 0 unspecified atom stereocenters. The highest BCUT2D eigenvalue weighted by Crippen LogP contribution is 2.34. The van der Waals surface area contributed by atoms with Crippen LogP contribution >= 0.6 is 0 Å². The lowest BCUT2D eigenvalue weighted by Gasteiger charge is -2.31. The molecular formula is C19H20F3NO. The third kappa shape index (κ3) is 4.09. The Hall–Kier alpha value is -2.01. The fraction of sp³-hybridized carbons (Fsp3) is 0.368.